The van der Waals surface area contributed by atoms with Gasteiger partial charge in [0.25, 0.3) is 0 Å². The highest BCUT2D eigenvalue weighted by Gasteiger charge is 2.30. The Labute approximate surface area is 161 Å². The minimum atomic E-state index is -3.47. The van der Waals surface area contributed by atoms with Crippen molar-refractivity contribution in [3.05, 3.63) is 65.4 Å². The number of aryl methyl sites for hydroxylation is 1. The van der Waals surface area contributed by atoms with E-state index < -0.39 is 10.0 Å². The highest BCUT2D eigenvalue weighted by molar-refractivity contribution is 7.89. The Morgan fingerprint density at radius 2 is 1.81 bits per heavy atom. The van der Waals surface area contributed by atoms with Gasteiger partial charge in [-0.05, 0) is 48.6 Å². The molecule has 4 nitrogen and oxygen atoms in total. The van der Waals surface area contributed by atoms with Crippen molar-refractivity contribution in [2.45, 2.75) is 50.5 Å². The normalized spacial score (nSPS) is 15.1. The molecular formula is C22H26N2O2S. The molecule has 0 saturated carbocycles. The fourth-order valence-corrected chi connectivity index (χ4v) is 5.34. The molecule has 1 N–H and O–H groups in total. The molecule has 0 bridgehead atoms. The zero-order valence-corrected chi connectivity index (χ0v) is 16.6. The van der Waals surface area contributed by atoms with Gasteiger partial charge in [0.15, 0.2) is 0 Å². The first-order valence-corrected chi connectivity index (χ1v) is 11.2. The van der Waals surface area contributed by atoms with Crippen LogP contribution in [-0.4, -0.2) is 24.3 Å². The van der Waals surface area contributed by atoms with E-state index in [1.807, 2.05) is 30.3 Å². The summed E-state index contributed by atoms with van der Waals surface area (Å²) in [6.07, 6.45) is 5.31. The van der Waals surface area contributed by atoms with E-state index in [9.17, 15) is 8.42 Å². The maximum absolute atomic E-state index is 13.1. The van der Waals surface area contributed by atoms with Gasteiger partial charge in [0.2, 0.25) is 10.0 Å². The van der Waals surface area contributed by atoms with Gasteiger partial charge in [-0.2, -0.15) is 4.31 Å². The maximum Gasteiger partial charge on any atom is 0.243 e. The number of aromatic amines is 1. The van der Waals surface area contributed by atoms with Gasteiger partial charge in [0.05, 0.1) is 11.4 Å². The summed E-state index contributed by atoms with van der Waals surface area (Å²) in [6, 6.07) is 15.6. The molecule has 4 rings (SSSR count). The van der Waals surface area contributed by atoms with Gasteiger partial charge in [-0.3, -0.25) is 0 Å². The summed E-state index contributed by atoms with van der Waals surface area (Å²) in [6.45, 7) is 3.12. The summed E-state index contributed by atoms with van der Waals surface area (Å²) in [5.41, 5.74) is 4.56. The molecule has 0 fully saturated rings. The second kappa shape index (κ2) is 7.49. The molecule has 5 heteroatoms. The van der Waals surface area contributed by atoms with E-state index in [1.54, 1.807) is 16.4 Å². The van der Waals surface area contributed by atoms with Crippen LogP contribution >= 0.6 is 0 Å². The second-order valence-electron chi connectivity index (χ2n) is 7.32. The predicted molar refractivity (Wildman–Crippen MR) is 109 cm³/mol. The Hall–Kier alpha value is -2.11. The average molecular weight is 383 g/mol. The SMILES string of the molecule is CCCCCc1ccc(S(=O)(=O)N2CCc3c([nH]c4ccccc34)C2)cc1. The van der Waals surface area contributed by atoms with Crippen LogP contribution in [0.2, 0.25) is 0 Å². The lowest BCUT2D eigenvalue weighted by Crippen LogP contribution is -2.35. The van der Waals surface area contributed by atoms with Crippen molar-refractivity contribution in [2.75, 3.05) is 6.54 Å². The number of rotatable bonds is 6. The van der Waals surface area contributed by atoms with Gasteiger partial charge in [0, 0.05) is 23.1 Å². The van der Waals surface area contributed by atoms with Crippen molar-refractivity contribution in [1.82, 2.24) is 9.29 Å². The number of benzene rings is 2. The summed E-state index contributed by atoms with van der Waals surface area (Å²) >= 11 is 0. The minimum Gasteiger partial charge on any atom is -0.357 e. The third kappa shape index (κ3) is 3.54. The Kier molecular flexibility index (Phi) is 5.06. The smallest absolute Gasteiger partial charge is 0.243 e. The molecule has 27 heavy (non-hydrogen) atoms. The molecule has 1 aromatic heterocycles. The molecule has 0 unspecified atom stereocenters. The van der Waals surface area contributed by atoms with Gasteiger partial charge in [-0.15, -0.1) is 0 Å². The number of nitrogens with one attached hydrogen (secondary N) is 1. The number of H-pyrrole nitrogens is 1. The molecular weight excluding hydrogens is 356 g/mol. The summed E-state index contributed by atoms with van der Waals surface area (Å²) in [5.74, 6) is 0. The first kappa shape index (κ1) is 18.3. The Bertz CT molecular complexity index is 1040. The van der Waals surface area contributed by atoms with Crippen molar-refractivity contribution in [3.8, 4) is 0 Å². The molecule has 2 heterocycles. The van der Waals surface area contributed by atoms with Gasteiger partial charge < -0.3 is 4.98 Å². The van der Waals surface area contributed by atoms with Crippen LogP contribution in [-0.2, 0) is 29.4 Å². The number of unbranched alkanes of at least 4 members (excludes halogenated alkanes) is 2. The van der Waals surface area contributed by atoms with E-state index >= 15 is 0 Å². The third-order valence-electron chi connectivity index (χ3n) is 5.48. The molecule has 0 amide bonds. The molecule has 0 saturated heterocycles. The topological polar surface area (TPSA) is 53.2 Å². The lowest BCUT2D eigenvalue weighted by molar-refractivity contribution is 0.388. The maximum atomic E-state index is 13.1. The van der Waals surface area contributed by atoms with Crippen molar-refractivity contribution < 1.29 is 8.42 Å². The first-order chi connectivity index (χ1) is 13.1. The summed E-state index contributed by atoms with van der Waals surface area (Å²) < 4.78 is 27.8. The second-order valence-corrected chi connectivity index (χ2v) is 9.26. The molecule has 0 spiro atoms. The standard InChI is InChI=1S/C22H26N2O2S/c1-2-3-4-7-17-10-12-18(13-11-17)27(25,26)24-15-14-20-19-8-5-6-9-21(19)23-22(20)16-24/h5-6,8-13,23H,2-4,7,14-16H2,1H3. The monoisotopic (exact) mass is 382 g/mol. The number of para-hydroxylation sites is 1. The van der Waals surface area contributed by atoms with Crippen LogP contribution in [0.15, 0.2) is 53.4 Å². The van der Waals surface area contributed by atoms with E-state index in [0.717, 1.165) is 30.5 Å². The molecule has 1 aliphatic rings. The summed E-state index contributed by atoms with van der Waals surface area (Å²) in [4.78, 5) is 3.79. The largest absolute Gasteiger partial charge is 0.357 e. The van der Waals surface area contributed by atoms with Gasteiger partial charge in [-0.25, -0.2) is 8.42 Å². The van der Waals surface area contributed by atoms with Gasteiger partial charge in [0.1, 0.15) is 0 Å². The zero-order chi connectivity index (χ0) is 18.9. The highest BCUT2D eigenvalue weighted by atomic mass is 32.2. The van der Waals surface area contributed by atoms with Gasteiger partial charge in [-0.1, -0.05) is 50.1 Å². The lowest BCUT2D eigenvalue weighted by atomic mass is 10.1. The third-order valence-corrected chi connectivity index (χ3v) is 7.34. The number of fused-ring (bicyclic) bond motifs is 3. The van der Waals surface area contributed by atoms with Crippen LogP contribution in [0, 0.1) is 0 Å². The van der Waals surface area contributed by atoms with Crippen LogP contribution in [0.25, 0.3) is 10.9 Å². The molecule has 0 radical (unpaired) electrons. The Morgan fingerprint density at radius 1 is 1.04 bits per heavy atom. The van der Waals surface area contributed by atoms with Crippen molar-refractivity contribution in [3.63, 3.8) is 0 Å². The van der Waals surface area contributed by atoms with E-state index in [-0.39, 0.29) is 0 Å². The fourth-order valence-electron chi connectivity index (χ4n) is 3.93. The number of aromatic nitrogens is 1. The van der Waals surface area contributed by atoms with Crippen molar-refractivity contribution in [2.24, 2.45) is 0 Å². The predicted octanol–water partition coefficient (Wildman–Crippen LogP) is 4.65. The van der Waals surface area contributed by atoms with E-state index in [0.29, 0.717) is 18.0 Å². The van der Waals surface area contributed by atoms with E-state index in [2.05, 4.69) is 18.0 Å². The number of hydrogen-bond donors (Lipinski definition) is 1. The molecule has 2 aromatic carbocycles. The lowest BCUT2D eigenvalue weighted by Gasteiger charge is -2.26. The zero-order valence-electron chi connectivity index (χ0n) is 15.7. The fraction of sp³-hybridized carbons (Fsp3) is 0.364. The first-order valence-electron chi connectivity index (χ1n) is 9.77. The van der Waals surface area contributed by atoms with Crippen molar-refractivity contribution >= 4 is 20.9 Å². The van der Waals surface area contributed by atoms with E-state index in [4.69, 9.17) is 0 Å². The molecule has 3 aromatic rings. The van der Waals surface area contributed by atoms with Gasteiger partial charge >= 0.3 is 0 Å². The average Bonchev–Trinajstić information content (AvgIpc) is 3.06. The van der Waals surface area contributed by atoms with Crippen LogP contribution in [0.3, 0.4) is 0 Å². The Morgan fingerprint density at radius 3 is 2.59 bits per heavy atom. The van der Waals surface area contributed by atoms with E-state index in [1.165, 1.54) is 29.4 Å². The van der Waals surface area contributed by atoms with Crippen molar-refractivity contribution in [1.29, 1.82) is 0 Å². The molecule has 0 atom stereocenters. The summed E-state index contributed by atoms with van der Waals surface area (Å²) in [7, 11) is -3.47. The molecule has 142 valence electrons. The molecule has 1 aliphatic heterocycles. The number of nitrogens with zero attached hydrogens (tertiary/aromatic N) is 1. The minimum absolute atomic E-state index is 0.390. The Balaban J connectivity index is 1.54. The quantitative estimate of drug-likeness (QED) is 0.631. The molecule has 0 aliphatic carbocycles. The highest BCUT2D eigenvalue weighted by Crippen LogP contribution is 2.30. The van der Waals surface area contributed by atoms with Crippen LogP contribution in [0.5, 0.6) is 0 Å². The van der Waals surface area contributed by atoms with Crippen LogP contribution < -0.4 is 0 Å². The summed E-state index contributed by atoms with van der Waals surface area (Å²) in [5, 5.41) is 1.21. The number of sulfonamides is 1. The number of hydrogen-bond acceptors (Lipinski definition) is 2. The van der Waals surface area contributed by atoms with Crippen LogP contribution in [0.1, 0.15) is 43.0 Å². The van der Waals surface area contributed by atoms with Crippen LogP contribution in [0.4, 0.5) is 0 Å².